The Labute approximate surface area is 285 Å². The van der Waals surface area contributed by atoms with Crippen LogP contribution in [0.1, 0.15) is 25.0 Å². The first-order valence-corrected chi connectivity index (χ1v) is 17.0. The Morgan fingerprint density at radius 2 is 1.10 bits per heavy atom. The van der Waals surface area contributed by atoms with Crippen molar-refractivity contribution in [1.82, 2.24) is 0 Å². The molecule has 0 N–H and O–H groups in total. The van der Waals surface area contributed by atoms with E-state index >= 15 is 0 Å². The molecule has 232 valence electrons. The van der Waals surface area contributed by atoms with Gasteiger partial charge < -0.3 is 9.32 Å². The van der Waals surface area contributed by atoms with Crippen molar-refractivity contribution in [2.75, 3.05) is 4.90 Å². The van der Waals surface area contributed by atoms with Gasteiger partial charge in [-0.25, -0.2) is 0 Å². The molecule has 10 rings (SSSR count). The van der Waals surface area contributed by atoms with Crippen LogP contribution in [0.2, 0.25) is 0 Å². The fraction of sp³-hybridized carbons (Fsp3) is 0.0638. The summed E-state index contributed by atoms with van der Waals surface area (Å²) in [6.07, 6.45) is 0. The Morgan fingerprint density at radius 3 is 2.02 bits per heavy atom. The van der Waals surface area contributed by atoms with E-state index in [2.05, 4.69) is 170 Å². The van der Waals surface area contributed by atoms with Gasteiger partial charge in [0.2, 0.25) is 0 Å². The van der Waals surface area contributed by atoms with Crippen LogP contribution >= 0.6 is 0 Å². The molecule has 0 spiro atoms. The van der Waals surface area contributed by atoms with Gasteiger partial charge in [0.15, 0.2) is 0 Å². The molecule has 0 amide bonds. The predicted octanol–water partition coefficient (Wildman–Crippen LogP) is 13.3. The molecule has 1 aliphatic carbocycles. The second-order valence-electron chi connectivity index (χ2n) is 13.8. The lowest BCUT2D eigenvalue weighted by atomic mass is 9.82. The van der Waals surface area contributed by atoms with Crippen molar-refractivity contribution in [2.24, 2.45) is 0 Å². The van der Waals surface area contributed by atoms with Crippen LogP contribution in [-0.4, -0.2) is 0 Å². The van der Waals surface area contributed by atoms with Gasteiger partial charge in [-0.15, -0.1) is 0 Å². The van der Waals surface area contributed by atoms with Gasteiger partial charge in [0.25, 0.3) is 0 Å². The SMILES string of the molecule is CC1(C)c2ccccc2-c2ccc(N(c3ccc4cc5c(cc4c3)oc3ccccc35)c3ccccc3-c3ccc4ccccc4c3)cc21. The fourth-order valence-electron chi connectivity index (χ4n) is 8.12. The molecule has 0 unspecified atom stereocenters. The van der Waals surface area contributed by atoms with Crippen LogP contribution in [0.4, 0.5) is 17.1 Å². The summed E-state index contributed by atoms with van der Waals surface area (Å²) >= 11 is 0. The van der Waals surface area contributed by atoms with Gasteiger partial charge in [0.05, 0.1) is 5.69 Å². The van der Waals surface area contributed by atoms with Gasteiger partial charge >= 0.3 is 0 Å². The summed E-state index contributed by atoms with van der Waals surface area (Å²) in [5.74, 6) is 0. The summed E-state index contributed by atoms with van der Waals surface area (Å²) in [5, 5.41) is 7.11. The topological polar surface area (TPSA) is 16.4 Å². The van der Waals surface area contributed by atoms with E-state index in [1.54, 1.807) is 0 Å². The Hall–Kier alpha value is -6.12. The molecule has 0 atom stereocenters. The standard InChI is InChI=1S/C47H33NO/c1-47(2)42-16-8-5-14-38(42)39-24-23-36(29-43(39)47)48(44-17-9-6-13-37(44)33-20-19-30-11-3-4-12-31(30)25-33)35-22-21-32-27-41-40-15-7-10-18-45(40)49-46(41)28-34(32)26-35/h3-29H,1-2H3. The van der Waals surface area contributed by atoms with E-state index in [1.165, 1.54) is 49.5 Å². The van der Waals surface area contributed by atoms with Crippen LogP contribution in [0.25, 0.3) is 65.7 Å². The van der Waals surface area contributed by atoms with Crippen LogP contribution in [0, 0.1) is 0 Å². The molecule has 0 aliphatic heterocycles. The highest BCUT2D eigenvalue weighted by Crippen LogP contribution is 2.51. The van der Waals surface area contributed by atoms with E-state index in [0.717, 1.165) is 44.4 Å². The summed E-state index contributed by atoms with van der Waals surface area (Å²) < 4.78 is 6.33. The number of rotatable bonds is 4. The zero-order valence-corrected chi connectivity index (χ0v) is 27.4. The molecule has 0 bridgehead atoms. The van der Waals surface area contributed by atoms with Gasteiger partial charge in [-0.1, -0.05) is 123 Å². The number of furan rings is 1. The average molecular weight is 628 g/mol. The first-order chi connectivity index (χ1) is 24.0. The van der Waals surface area contributed by atoms with E-state index in [4.69, 9.17) is 4.42 Å². The number of hydrogen-bond donors (Lipinski definition) is 0. The number of hydrogen-bond acceptors (Lipinski definition) is 2. The third kappa shape index (κ3) is 4.27. The maximum Gasteiger partial charge on any atom is 0.136 e. The van der Waals surface area contributed by atoms with Gasteiger partial charge in [-0.05, 0) is 104 Å². The Bertz CT molecular complexity index is 2770. The van der Waals surface area contributed by atoms with E-state index in [9.17, 15) is 0 Å². The average Bonchev–Trinajstić information content (AvgIpc) is 3.61. The zero-order valence-electron chi connectivity index (χ0n) is 27.4. The highest BCUT2D eigenvalue weighted by Gasteiger charge is 2.35. The second kappa shape index (κ2) is 10.4. The summed E-state index contributed by atoms with van der Waals surface area (Å²) in [6.45, 7) is 4.70. The number of benzene rings is 8. The van der Waals surface area contributed by atoms with Crippen LogP contribution < -0.4 is 4.90 Å². The minimum Gasteiger partial charge on any atom is -0.456 e. The summed E-state index contributed by atoms with van der Waals surface area (Å²) in [7, 11) is 0. The quantitative estimate of drug-likeness (QED) is 0.193. The molecule has 9 aromatic rings. The van der Waals surface area contributed by atoms with Crippen molar-refractivity contribution in [2.45, 2.75) is 19.3 Å². The zero-order chi connectivity index (χ0) is 32.7. The predicted molar refractivity (Wildman–Crippen MR) is 206 cm³/mol. The van der Waals surface area contributed by atoms with Gasteiger partial charge in [0.1, 0.15) is 11.2 Å². The lowest BCUT2D eigenvalue weighted by Gasteiger charge is -2.30. The maximum atomic E-state index is 6.33. The first kappa shape index (κ1) is 27.9. The number of fused-ring (bicyclic) bond motifs is 8. The molecule has 8 aromatic carbocycles. The monoisotopic (exact) mass is 627 g/mol. The lowest BCUT2D eigenvalue weighted by Crippen LogP contribution is -2.16. The van der Waals surface area contributed by atoms with Crippen LogP contribution in [0.15, 0.2) is 168 Å². The molecule has 49 heavy (non-hydrogen) atoms. The summed E-state index contributed by atoms with van der Waals surface area (Å²) in [6, 6.07) is 59.7. The minimum atomic E-state index is -0.109. The van der Waals surface area contributed by atoms with Crippen molar-refractivity contribution < 1.29 is 4.42 Å². The van der Waals surface area contributed by atoms with Crippen molar-refractivity contribution in [3.63, 3.8) is 0 Å². The Morgan fingerprint density at radius 1 is 0.429 bits per heavy atom. The number of anilines is 3. The normalized spacial score (nSPS) is 13.3. The fourth-order valence-corrected chi connectivity index (χ4v) is 8.12. The smallest absolute Gasteiger partial charge is 0.136 e. The molecular weight excluding hydrogens is 595 g/mol. The van der Waals surface area contributed by atoms with E-state index in [-0.39, 0.29) is 5.41 Å². The van der Waals surface area contributed by atoms with Crippen molar-refractivity contribution in [1.29, 1.82) is 0 Å². The van der Waals surface area contributed by atoms with Crippen molar-refractivity contribution >= 4 is 60.5 Å². The molecule has 0 saturated heterocycles. The third-order valence-corrected chi connectivity index (χ3v) is 10.6. The Balaban J connectivity index is 1.20. The highest BCUT2D eigenvalue weighted by molar-refractivity contribution is 6.10. The van der Waals surface area contributed by atoms with Crippen LogP contribution in [-0.2, 0) is 5.41 Å². The Kier molecular flexibility index (Phi) is 5.95. The molecule has 2 heteroatoms. The summed E-state index contributed by atoms with van der Waals surface area (Å²) in [4.78, 5) is 2.44. The van der Waals surface area contributed by atoms with E-state index < -0.39 is 0 Å². The minimum absolute atomic E-state index is 0.109. The van der Waals surface area contributed by atoms with Crippen molar-refractivity contribution in [3.05, 3.63) is 175 Å². The molecule has 1 heterocycles. The molecule has 0 fully saturated rings. The number of para-hydroxylation sites is 2. The van der Waals surface area contributed by atoms with Crippen molar-refractivity contribution in [3.8, 4) is 22.3 Å². The molecule has 1 aliphatic rings. The molecule has 0 saturated carbocycles. The third-order valence-electron chi connectivity index (χ3n) is 10.6. The maximum absolute atomic E-state index is 6.33. The van der Waals surface area contributed by atoms with E-state index in [1.807, 2.05) is 12.1 Å². The lowest BCUT2D eigenvalue weighted by molar-refractivity contribution is 0.660. The largest absolute Gasteiger partial charge is 0.456 e. The van der Waals surface area contributed by atoms with Crippen LogP contribution in [0.5, 0.6) is 0 Å². The second-order valence-corrected chi connectivity index (χ2v) is 13.8. The highest BCUT2D eigenvalue weighted by atomic mass is 16.3. The summed E-state index contributed by atoms with van der Waals surface area (Å²) in [5.41, 5.74) is 12.8. The van der Waals surface area contributed by atoms with Crippen LogP contribution in [0.3, 0.4) is 0 Å². The first-order valence-electron chi connectivity index (χ1n) is 17.0. The molecule has 1 aromatic heterocycles. The number of nitrogens with zero attached hydrogens (tertiary/aromatic N) is 1. The van der Waals surface area contributed by atoms with Gasteiger partial charge in [-0.3, -0.25) is 0 Å². The van der Waals surface area contributed by atoms with Gasteiger partial charge in [-0.2, -0.15) is 0 Å². The van der Waals surface area contributed by atoms with Gasteiger partial charge in [0, 0.05) is 33.1 Å². The van der Waals surface area contributed by atoms with E-state index in [0.29, 0.717) is 0 Å². The molecular formula is C47H33NO. The molecule has 0 radical (unpaired) electrons. The molecule has 2 nitrogen and oxygen atoms in total.